The molecule has 0 saturated heterocycles. The van der Waals surface area contributed by atoms with Crippen molar-refractivity contribution < 1.29 is 15.5 Å². The Labute approximate surface area is 111 Å². The average molecular weight is 262 g/mol. The van der Waals surface area contributed by atoms with Crippen molar-refractivity contribution in [3.8, 4) is 0 Å². The molecule has 5 heteroatoms. The van der Waals surface area contributed by atoms with Crippen molar-refractivity contribution >= 4 is 0 Å². The highest BCUT2D eigenvalue weighted by Crippen LogP contribution is 2.36. The normalized spacial score (nSPS) is 17.5. The lowest BCUT2D eigenvalue weighted by Gasteiger charge is -2.48. The van der Waals surface area contributed by atoms with Crippen LogP contribution in [0.15, 0.2) is 0 Å². The summed E-state index contributed by atoms with van der Waals surface area (Å²) < 4.78 is 0. The van der Waals surface area contributed by atoms with Crippen LogP contribution in [0, 0.1) is 17.8 Å². The average Bonchev–Trinajstić information content (AvgIpc) is 2.27. The second-order valence-corrected chi connectivity index (χ2v) is 5.56. The molecule has 5 nitrogen and oxygen atoms in total. The topological polar surface area (TPSA) is 76.0 Å². The smallest absolute Gasteiger partial charge is 0.128 e. The molecule has 0 heterocycles. The Morgan fingerprint density at radius 1 is 1.17 bits per heavy atom. The van der Waals surface area contributed by atoms with Gasteiger partial charge in [0, 0.05) is 6.54 Å². The summed E-state index contributed by atoms with van der Waals surface area (Å²) in [6.07, 6.45) is 1.87. The molecule has 110 valence electrons. The lowest BCUT2D eigenvalue weighted by Crippen LogP contribution is -2.66. The van der Waals surface area contributed by atoms with Crippen LogP contribution in [0.3, 0.4) is 0 Å². The second-order valence-electron chi connectivity index (χ2n) is 5.56. The number of aliphatic hydroxyl groups excluding tert-OH is 1. The van der Waals surface area contributed by atoms with E-state index >= 15 is 0 Å². The molecule has 0 rings (SSSR count). The van der Waals surface area contributed by atoms with E-state index in [1.807, 2.05) is 13.8 Å². The molecule has 0 aromatic heterocycles. The summed E-state index contributed by atoms with van der Waals surface area (Å²) in [6, 6.07) is 0. The summed E-state index contributed by atoms with van der Waals surface area (Å²) in [5.41, 5.74) is -0.924. The maximum atomic E-state index is 9.75. The predicted molar refractivity (Wildman–Crippen MR) is 71.3 cm³/mol. The zero-order valence-electron chi connectivity index (χ0n) is 12.3. The highest BCUT2D eigenvalue weighted by Gasteiger charge is 2.47. The third-order valence-corrected chi connectivity index (χ3v) is 3.70. The minimum atomic E-state index is -0.924. The summed E-state index contributed by atoms with van der Waals surface area (Å²) in [7, 11) is 0. The van der Waals surface area contributed by atoms with Gasteiger partial charge in [0.2, 0.25) is 0 Å². The van der Waals surface area contributed by atoms with Gasteiger partial charge in [0.1, 0.15) is 5.66 Å². The molecule has 2 atom stereocenters. The molecule has 0 aromatic carbocycles. The van der Waals surface area contributed by atoms with Crippen LogP contribution < -0.4 is 5.32 Å². The molecule has 2 unspecified atom stereocenters. The first kappa shape index (κ1) is 17.8. The van der Waals surface area contributed by atoms with Crippen LogP contribution in [-0.4, -0.2) is 39.6 Å². The monoisotopic (exact) mass is 262 g/mol. The van der Waals surface area contributed by atoms with Crippen molar-refractivity contribution in [1.82, 2.24) is 10.5 Å². The summed E-state index contributed by atoms with van der Waals surface area (Å²) >= 11 is 0. The van der Waals surface area contributed by atoms with Gasteiger partial charge in [0.15, 0.2) is 0 Å². The van der Waals surface area contributed by atoms with Crippen molar-refractivity contribution in [2.75, 3.05) is 13.2 Å². The third-order valence-electron chi connectivity index (χ3n) is 3.70. The maximum absolute atomic E-state index is 9.75. The fourth-order valence-electron chi connectivity index (χ4n) is 2.84. The van der Waals surface area contributed by atoms with E-state index in [9.17, 15) is 10.4 Å². The number of aliphatic hydroxyl groups is 1. The van der Waals surface area contributed by atoms with Crippen molar-refractivity contribution in [3.63, 3.8) is 0 Å². The van der Waals surface area contributed by atoms with Crippen molar-refractivity contribution in [2.45, 2.75) is 53.1 Å². The van der Waals surface area contributed by atoms with Gasteiger partial charge in [-0.25, -0.2) is 0 Å². The van der Waals surface area contributed by atoms with E-state index < -0.39 is 5.66 Å². The molecule has 0 saturated carbocycles. The Morgan fingerprint density at radius 3 is 2.00 bits per heavy atom. The van der Waals surface area contributed by atoms with Crippen molar-refractivity contribution in [3.05, 3.63) is 0 Å². The Morgan fingerprint density at radius 2 is 1.72 bits per heavy atom. The Balaban J connectivity index is 5.34. The number of hydrogen-bond donors (Lipinski definition) is 4. The first-order valence-electron chi connectivity index (χ1n) is 6.88. The Kier molecular flexibility index (Phi) is 7.98. The molecule has 0 aliphatic rings. The van der Waals surface area contributed by atoms with Crippen LogP contribution in [0.1, 0.15) is 47.5 Å². The highest BCUT2D eigenvalue weighted by atomic mass is 16.8. The summed E-state index contributed by atoms with van der Waals surface area (Å²) in [6.45, 7) is 10.5. The largest absolute Gasteiger partial charge is 0.395 e. The van der Waals surface area contributed by atoms with E-state index in [0.717, 1.165) is 12.8 Å². The van der Waals surface area contributed by atoms with E-state index in [0.29, 0.717) is 17.7 Å². The second kappa shape index (κ2) is 8.07. The van der Waals surface area contributed by atoms with E-state index in [2.05, 4.69) is 26.1 Å². The van der Waals surface area contributed by atoms with Gasteiger partial charge in [-0.2, -0.15) is 0 Å². The quantitative estimate of drug-likeness (QED) is 0.378. The molecule has 18 heavy (non-hydrogen) atoms. The lowest BCUT2D eigenvalue weighted by atomic mass is 9.74. The predicted octanol–water partition coefficient (Wildman–Crippen LogP) is 2.07. The van der Waals surface area contributed by atoms with Gasteiger partial charge in [-0.15, -0.1) is 0 Å². The standard InChI is InChI=1S/C13H30N2O3/c1-6-7-12(10(2)3)13(11(4)5,15(17)18)14-8-9-16/h10-12,14,16-18H,6-9H2,1-5H3. The van der Waals surface area contributed by atoms with Gasteiger partial charge in [-0.05, 0) is 29.4 Å². The fraction of sp³-hybridized carbons (Fsp3) is 1.00. The van der Waals surface area contributed by atoms with Crippen molar-refractivity contribution in [1.29, 1.82) is 0 Å². The van der Waals surface area contributed by atoms with Gasteiger partial charge in [0.05, 0.1) is 6.61 Å². The molecule has 0 fully saturated rings. The summed E-state index contributed by atoms with van der Waals surface area (Å²) in [5.74, 6) is 0.391. The van der Waals surface area contributed by atoms with Gasteiger partial charge >= 0.3 is 0 Å². The molecule has 4 N–H and O–H groups in total. The number of rotatable bonds is 9. The summed E-state index contributed by atoms with van der Waals surface area (Å²) in [5, 5.41) is 31.9. The summed E-state index contributed by atoms with van der Waals surface area (Å²) in [4.78, 5) is 0. The zero-order chi connectivity index (χ0) is 14.3. The first-order chi connectivity index (χ1) is 8.34. The highest BCUT2D eigenvalue weighted by molar-refractivity contribution is 4.93. The SMILES string of the molecule is CCCC(C(C)C)C(NCCO)(C(C)C)N(O)O. The molecule has 0 aromatic rings. The van der Waals surface area contributed by atoms with Gasteiger partial charge in [0.25, 0.3) is 0 Å². The maximum Gasteiger partial charge on any atom is 0.128 e. The lowest BCUT2D eigenvalue weighted by molar-refractivity contribution is -0.393. The Bertz CT molecular complexity index is 212. The molecule has 0 amide bonds. The number of hydrogen-bond acceptors (Lipinski definition) is 5. The van der Waals surface area contributed by atoms with Crippen molar-refractivity contribution in [2.24, 2.45) is 17.8 Å². The zero-order valence-corrected chi connectivity index (χ0v) is 12.3. The fourth-order valence-corrected chi connectivity index (χ4v) is 2.84. The van der Waals surface area contributed by atoms with Crippen LogP contribution in [0.2, 0.25) is 0 Å². The van der Waals surface area contributed by atoms with Crippen LogP contribution in [-0.2, 0) is 0 Å². The minimum Gasteiger partial charge on any atom is -0.395 e. The van der Waals surface area contributed by atoms with Crippen LogP contribution in [0.4, 0.5) is 0 Å². The van der Waals surface area contributed by atoms with E-state index in [-0.39, 0.29) is 18.4 Å². The third kappa shape index (κ3) is 3.90. The van der Waals surface area contributed by atoms with Gasteiger partial charge < -0.3 is 5.11 Å². The number of nitrogens with one attached hydrogen (secondary N) is 1. The molecular formula is C13H30N2O3. The van der Waals surface area contributed by atoms with E-state index in [1.54, 1.807) is 0 Å². The molecular weight excluding hydrogens is 232 g/mol. The molecule has 0 spiro atoms. The number of nitrogens with zero attached hydrogens (tertiary/aromatic N) is 1. The number of hydroxylamine groups is 2. The van der Waals surface area contributed by atoms with Crippen LogP contribution in [0.5, 0.6) is 0 Å². The van der Waals surface area contributed by atoms with Crippen LogP contribution >= 0.6 is 0 Å². The Hall–Kier alpha value is -0.200. The van der Waals surface area contributed by atoms with E-state index in [4.69, 9.17) is 5.11 Å². The van der Waals surface area contributed by atoms with Crippen LogP contribution in [0.25, 0.3) is 0 Å². The van der Waals surface area contributed by atoms with Gasteiger partial charge in [-0.1, -0.05) is 41.0 Å². The van der Waals surface area contributed by atoms with E-state index in [1.165, 1.54) is 0 Å². The molecule has 0 bridgehead atoms. The first-order valence-corrected chi connectivity index (χ1v) is 6.88. The molecule has 0 radical (unpaired) electrons. The minimum absolute atomic E-state index is 0.00185. The molecule has 0 aliphatic carbocycles. The van der Waals surface area contributed by atoms with Gasteiger partial charge in [-0.3, -0.25) is 15.7 Å². The molecule has 0 aliphatic heterocycles.